The maximum atomic E-state index is 13.9. The van der Waals surface area contributed by atoms with Crippen LogP contribution in [0.4, 0.5) is 21.7 Å². The van der Waals surface area contributed by atoms with Crippen LogP contribution in [0, 0.1) is 12.7 Å². The number of nitrogens with one attached hydrogen (secondary N) is 1. The third-order valence-electron chi connectivity index (χ3n) is 7.00. The highest BCUT2D eigenvalue weighted by molar-refractivity contribution is 5.70. The molecule has 37 heavy (non-hydrogen) atoms. The van der Waals surface area contributed by atoms with Crippen molar-refractivity contribution in [2.45, 2.75) is 26.3 Å². The molecule has 1 aromatic carbocycles. The normalized spacial score (nSPS) is 14.8. The first kappa shape index (κ1) is 24.9. The Morgan fingerprint density at radius 1 is 1.08 bits per heavy atom. The van der Waals surface area contributed by atoms with Crippen LogP contribution in [-0.2, 0) is 0 Å². The van der Waals surface area contributed by atoms with Gasteiger partial charge in [0.1, 0.15) is 17.2 Å². The maximum Gasteiger partial charge on any atom is 0.227 e. The number of benzene rings is 1. The van der Waals surface area contributed by atoms with E-state index in [1.165, 1.54) is 12.3 Å². The van der Waals surface area contributed by atoms with E-state index in [1.54, 1.807) is 30.0 Å². The molecule has 1 aliphatic heterocycles. The molecule has 194 valence electrons. The van der Waals surface area contributed by atoms with Gasteiger partial charge in [0, 0.05) is 55.9 Å². The number of pyridine rings is 1. The van der Waals surface area contributed by atoms with Gasteiger partial charge in [-0.05, 0) is 50.6 Å². The van der Waals surface area contributed by atoms with Crippen LogP contribution in [0.25, 0.3) is 17.0 Å². The first-order valence-corrected chi connectivity index (χ1v) is 12.3. The second-order valence-electron chi connectivity index (χ2n) is 9.90. The van der Waals surface area contributed by atoms with Crippen LogP contribution in [0.5, 0.6) is 5.75 Å². The number of methoxy groups -OCH3 is 1. The predicted octanol–water partition coefficient (Wildman–Crippen LogP) is 3.88. The Morgan fingerprint density at radius 2 is 1.86 bits per heavy atom. The molecule has 5 rings (SSSR count). The molecule has 4 aromatic rings. The summed E-state index contributed by atoms with van der Waals surface area (Å²) in [6, 6.07) is 9.05. The summed E-state index contributed by atoms with van der Waals surface area (Å²) in [7, 11) is 1.64. The second-order valence-corrected chi connectivity index (χ2v) is 9.90. The van der Waals surface area contributed by atoms with Crippen LogP contribution in [0.3, 0.4) is 0 Å². The molecule has 1 saturated heterocycles. The summed E-state index contributed by atoms with van der Waals surface area (Å²) in [6.45, 7) is 9.67. The number of piperazine rings is 1. The molecule has 0 atom stereocenters. The Balaban J connectivity index is 1.37. The van der Waals surface area contributed by atoms with Crippen molar-refractivity contribution in [2.24, 2.45) is 0 Å². The van der Waals surface area contributed by atoms with E-state index in [1.807, 2.05) is 19.1 Å². The van der Waals surface area contributed by atoms with Gasteiger partial charge < -0.3 is 20.1 Å². The highest BCUT2D eigenvalue weighted by Crippen LogP contribution is 2.33. The Bertz CT molecular complexity index is 1410. The molecule has 10 heteroatoms. The molecule has 0 spiro atoms. The lowest BCUT2D eigenvalue weighted by atomic mass is 10.0. The minimum absolute atomic E-state index is 0.137. The zero-order valence-electron chi connectivity index (χ0n) is 21.6. The number of fused-ring (bicyclic) bond motifs is 1. The average molecular weight is 506 g/mol. The van der Waals surface area contributed by atoms with Crippen LogP contribution >= 0.6 is 0 Å². The van der Waals surface area contributed by atoms with E-state index in [4.69, 9.17) is 9.72 Å². The van der Waals surface area contributed by atoms with Crippen LogP contribution in [0.15, 0.2) is 48.9 Å². The van der Waals surface area contributed by atoms with Gasteiger partial charge >= 0.3 is 0 Å². The lowest BCUT2D eigenvalue weighted by molar-refractivity contribution is 0.0527. The van der Waals surface area contributed by atoms with Gasteiger partial charge in [0.25, 0.3) is 0 Å². The van der Waals surface area contributed by atoms with Crippen molar-refractivity contribution in [2.75, 3.05) is 50.1 Å². The molecule has 9 nitrogen and oxygen atoms in total. The zero-order chi connectivity index (χ0) is 26.2. The molecule has 0 amide bonds. The zero-order valence-corrected chi connectivity index (χ0v) is 21.6. The molecule has 0 bridgehead atoms. The molecular weight excluding hydrogens is 473 g/mol. The minimum Gasteiger partial charge on any atom is -0.494 e. The van der Waals surface area contributed by atoms with E-state index in [2.05, 4.69) is 45.0 Å². The summed E-state index contributed by atoms with van der Waals surface area (Å²) >= 11 is 0. The number of halogens is 1. The summed E-state index contributed by atoms with van der Waals surface area (Å²) in [5.41, 5.74) is 4.43. The summed E-state index contributed by atoms with van der Waals surface area (Å²) in [5, 5.41) is 13.0. The van der Waals surface area contributed by atoms with E-state index in [-0.39, 0.29) is 18.0 Å². The number of hydrogen-bond donors (Lipinski definition) is 2. The molecule has 0 unspecified atom stereocenters. The second kappa shape index (κ2) is 9.95. The Kier molecular flexibility index (Phi) is 6.70. The number of nitrogens with zero attached hydrogens (tertiary/aromatic N) is 6. The average Bonchev–Trinajstić information content (AvgIpc) is 3.33. The monoisotopic (exact) mass is 505 g/mol. The topological polar surface area (TPSA) is 91.0 Å². The molecule has 2 N–H and O–H groups in total. The van der Waals surface area contributed by atoms with Crippen LogP contribution < -0.4 is 15.0 Å². The number of hydrogen-bond acceptors (Lipinski definition) is 8. The van der Waals surface area contributed by atoms with E-state index in [9.17, 15) is 9.50 Å². The molecule has 0 radical (unpaired) electrons. The van der Waals surface area contributed by atoms with Gasteiger partial charge in [-0.1, -0.05) is 0 Å². The van der Waals surface area contributed by atoms with Gasteiger partial charge in [0.2, 0.25) is 5.95 Å². The third-order valence-corrected chi connectivity index (χ3v) is 7.00. The van der Waals surface area contributed by atoms with E-state index >= 15 is 0 Å². The third kappa shape index (κ3) is 4.94. The van der Waals surface area contributed by atoms with E-state index in [0.29, 0.717) is 28.7 Å². The molecule has 1 fully saturated rings. The number of anilines is 3. The van der Waals surface area contributed by atoms with Gasteiger partial charge in [-0.3, -0.25) is 9.30 Å². The van der Waals surface area contributed by atoms with Crippen molar-refractivity contribution in [3.05, 3.63) is 60.3 Å². The number of aliphatic hydroxyl groups excluding tert-OH is 1. The first-order valence-electron chi connectivity index (χ1n) is 12.3. The Hall–Kier alpha value is -3.76. The van der Waals surface area contributed by atoms with Crippen molar-refractivity contribution in [1.82, 2.24) is 24.3 Å². The van der Waals surface area contributed by atoms with Crippen LogP contribution in [0.1, 0.15) is 19.4 Å². The number of aromatic nitrogens is 4. The highest BCUT2D eigenvalue weighted by Gasteiger charge is 2.29. The molecule has 4 heterocycles. The smallest absolute Gasteiger partial charge is 0.227 e. The van der Waals surface area contributed by atoms with E-state index < -0.39 is 0 Å². The van der Waals surface area contributed by atoms with Gasteiger partial charge in [-0.2, -0.15) is 0 Å². The lowest BCUT2D eigenvalue weighted by Crippen LogP contribution is -2.56. The van der Waals surface area contributed by atoms with Crippen molar-refractivity contribution in [1.29, 1.82) is 0 Å². The standard InChI is InChI=1S/C27H32FN7O2/c1-18-14-30-26(32-25(18)22-15-29-24-8-5-19(28)16-35(22)24)31-21-7-6-20(13-23(21)37-4)33-9-11-34(12-10-33)27(2,3)17-36/h5-8,13-16,36H,9-12,17H2,1-4H3,(H,30,31,32). The maximum absolute atomic E-state index is 13.9. The van der Waals surface area contributed by atoms with E-state index in [0.717, 1.165) is 43.1 Å². The minimum atomic E-state index is -0.347. The fraction of sp³-hybridized carbons (Fsp3) is 0.370. The Labute approximate surface area is 215 Å². The predicted molar refractivity (Wildman–Crippen MR) is 142 cm³/mol. The number of ether oxygens (including phenoxy) is 1. The number of aliphatic hydroxyl groups is 1. The van der Waals surface area contributed by atoms with Crippen molar-refractivity contribution < 1.29 is 14.2 Å². The highest BCUT2D eigenvalue weighted by atomic mass is 19.1. The molecule has 0 aliphatic carbocycles. The molecule has 3 aromatic heterocycles. The fourth-order valence-corrected chi connectivity index (χ4v) is 4.66. The quantitative estimate of drug-likeness (QED) is 0.391. The van der Waals surface area contributed by atoms with Crippen LogP contribution in [-0.4, -0.2) is 74.8 Å². The lowest BCUT2D eigenvalue weighted by Gasteiger charge is -2.44. The van der Waals surface area contributed by atoms with Crippen molar-refractivity contribution in [3.8, 4) is 17.1 Å². The summed E-state index contributed by atoms with van der Waals surface area (Å²) < 4.78 is 21.3. The number of rotatable bonds is 7. The largest absolute Gasteiger partial charge is 0.494 e. The molecule has 0 saturated carbocycles. The van der Waals surface area contributed by atoms with Gasteiger partial charge in [-0.15, -0.1) is 0 Å². The van der Waals surface area contributed by atoms with Gasteiger partial charge in [0.05, 0.1) is 37.0 Å². The SMILES string of the molecule is COc1cc(N2CCN(C(C)(C)CO)CC2)ccc1Nc1ncc(C)c(-c2cnc3ccc(F)cn23)n1. The first-order chi connectivity index (χ1) is 17.8. The number of imidazole rings is 1. The van der Waals surface area contributed by atoms with Crippen LogP contribution in [0.2, 0.25) is 0 Å². The summed E-state index contributed by atoms with van der Waals surface area (Å²) in [4.78, 5) is 18.2. The molecule has 1 aliphatic rings. The fourth-order valence-electron chi connectivity index (χ4n) is 4.66. The van der Waals surface area contributed by atoms with Crippen molar-refractivity contribution >= 4 is 23.0 Å². The number of aryl methyl sites for hydroxylation is 1. The van der Waals surface area contributed by atoms with Crippen molar-refractivity contribution in [3.63, 3.8) is 0 Å². The Morgan fingerprint density at radius 3 is 2.59 bits per heavy atom. The summed E-state index contributed by atoms with van der Waals surface area (Å²) in [5.74, 6) is 0.733. The molecular formula is C27H32FN7O2. The van der Waals surface area contributed by atoms with Gasteiger partial charge in [0.15, 0.2) is 0 Å². The van der Waals surface area contributed by atoms with Gasteiger partial charge in [-0.25, -0.2) is 19.3 Å². The summed E-state index contributed by atoms with van der Waals surface area (Å²) in [6.07, 6.45) is 4.82.